The zero-order valence-electron chi connectivity index (χ0n) is 12.5. The first-order valence-electron chi connectivity index (χ1n) is 7.57. The van der Waals surface area contributed by atoms with E-state index in [0.717, 1.165) is 29.4 Å². The number of hydrogen-bond donors (Lipinski definition) is 1. The third kappa shape index (κ3) is 5.89. The third-order valence-electron chi connectivity index (χ3n) is 3.64. The number of carbonyl (C=O) groups excluding carboxylic acids is 1. The molecule has 0 spiro atoms. The van der Waals surface area contributed by atoms with Crippen LogP contribution in [0, 0.1) is 0 Å². The number of rotatable bonds is 7. The monoisotopic (exact) mass is 326 g/mol. The Morgan fingerprint density at radius 3 is 2.67 bits per heavy atom. The van der Waals surface area contributed by atoms with Crippen LogP contribution in [-0.2, 0) is 4.79 Å². The summed E-state index contributed by atoms with van der Waals surface area (Å²) in [7, 11) is 0. The summed E-state index contributed by atoms with van der Waals surface area (Å²) in [6, 6.07) is 7.60. The smallest absolute Gasteiger partial charge is 0.233 e. The highest BCUT2D eigenvalue weighted by atomic mass is 35.5. The number of hydrogen-bond acceptors (Lipinski definition) is 3. The standard InChI is InChI=1S/C16H23ClN2OS/c1-13(21-15-7-5-14(17)6-8-15)16(20)18-9-4-12-19-10-2-3-11-19/h5-8,13H,2-4,9-12H2,1H3,(H,18,20)/t13-/m1/s1. The number of likely N-dealkylation sites (tertiary alicyclic amines) is 1. The molecule has 1 fully saturated rings. The van der Waals surface area contributed by atoms with Gasteiger partial charge in [0.05, 0.1) is 5.25 Å². The van der Waals surface area contributed by atoms with E-state index in [4.69, 9.17) is 11.6 Å². The molecule has 3 nitrogen and oxygen atoms in total. The summed E-state index contributed by atoms with van der Waals surface area (Å²) in [6.07, 6.45) is 3.67. The molecule has 0 aromatic heterocycles. The second-order valence-electron chi connectivity index (χ2n) is 5.41. The van der Waals surface area contributed by atoms with E-state index < -0.39 is 0 Å². The molecule has 116 valence electrons. The van der Waals surface area contributed by atoms with Crippen molar-refractivity contribution in [2.45, 2.75) is 36.3 Å². The Balaban J connectivity index is 1.63. The molecule has 0 radical (unpaired) electrons. The number of benzene rings is 1. The molecule has 1 atom stereocenters. The summed E-state index contributed by atoms with van der Waals surface area (Å²) in [5.41, 5.74) is 0. The van der Waals surface area contributed by atoms with Gasteiger partial charge in [0.1, 0.15) is 0 Å². The molecule has 1 aromatic carbocycles. The Labute approximate surface area is 136 Å². The molecule has 1 aliphatic heterocycles. The lowest BCUT2D eigenvalue weighted by molar-refractivity contribution is -0.120. The predicted octanol–water partition coefficient (Wildman–Crippen LogP) is 3.42. The van der Waals surface area contributed by atoms with E-state index >= 15 is 0 Å². The molecule has 1 aliphatic rings. The molecule has 5 heteroatoms. The Morgan fingerprint density at radius 1 is 1.33 bits per heavy atom. The fourth-order valence-corrected chi connectivity index (χ4v) is 3.45. The van der Waals surface area contributed by atoms with Gasteiger partial charge in [0.25, 0.3) is 0 Å². The minimum atomic E-state index is -0.0852. The fourth-order valence-electron chi connectivity index (χ4n) is 2.44. The molecular weight excluding hydrogens is 304 g/mol. The third-order valence-corrected chi connectivity index (χ3v) is 5.01. The largest absolute Gasteiger partial charge is 0.355 e. The summed E-state index contributed by atoms with van der Waals surface area (Å²) in [6.45, 7) is 6.24. The summed E-state index contributed by atoms with van der Waals surface area (Å²) in [5, 5.41) is 3.66. The topological polar surface area (TPSA) is 32.3 Å². The molecule has 1 saturated heterocycles. The van der Waals surface area contributed by atoms with Gasteiger partial charge in [0.15, 0.2) is 0 Å². The zero-order valence-corrected chi connectivity index (χ0v) is 14.1. The van der Waals surface area contributed by atoms with Crippen molar-refractivity contribution in [1.29, 1.82) is 0 Å². The van der Waals surface area contributed by atoms with Crippen molar-refractivity contribution in [2.75, 3.05) is 26.2 Å². The average molecular weight is 327 g/mol. The second kappa shape index (κ2) is 8.66. The molecule has 0 saturated carbocycles. The van der Waals surface area contributed by atoms with Gasteiger partial charge in [-0.1, -0.05) is 11.6 Å². The van der Waals surface area contributed by atoms with Gasteiger partial charge in [-0.2, -0.15) is 0 Å². The van der Waals surface area contributed by atoms with E-state index in [2.05, 4.69) is 10.2 Å². The molecule has 1 amide bonds. The number of amides is 1. The first-order valence-corrected chi connectivity index (χ1v) is 8.83. The fraction of sp³-hybridized carbons (Fsp3) is 0.562. The van der Waals surface area contributed by atoms with Crippen molar-refractivity contribution in [3.63, 3.8) is 0 Å². The van der Waals surface area contributed by atoms with E-state index in [0.29, 0.717) is 0 Å². The maximum atomic E-state index is 12.0. The maximum Gasteiger partial charge on any atom is 0.233 e. The highest BCUT2D eigenvalue weighted by Crippen LogP contribution is 2.24. The Morgan fingerprint density at radius 2 is 2.00 bits per heavy atom. The summed E-state index contributed by atoms with van der Waals surface area (Å²) in [5.74, 6) is 0.108. The van der Waals surface area contributed by atoms with E-state index in [-0.39, 0.29) is 11.2 Å². The average Bonchev–Trinajstić information content (AvgIpc) is 2.99. The lowest BCUT2D eigenvalue weighted by Gasteiger charge is -2.15. The van der Waals surface area contributed by atoms with Crippen LogP contribution in [0.3, 0.4) is 0 Å². The number of nitrogens with zero attached hydrogens (tertiary/aromatic N) is 1. The van der Waals surface area contributed by atoms with Crippen molar-refractivity contribution >= 4 is 29.3 Å². The molecule has 1 N–H and O–H groups in total. The van der Waals surface area contributed by atoms with Crippen molar-refractivity contribution in [1.82, 2.24) is 10.2 Å². The lowest BCUT2D eigenvalue weighted by atomic mass is 10.3. The Hall–Kier alpha value is -0.710. The van der Waals surface area contributed by atoms with E-state index in [9.17, 15) is 4.79 Å². The van der Waals surface area contributed by atoms with Crippen LogP contribution in [0.5, 0.6) is 0 Å². The molecule has 0 aliphatic carbocycles. The normalized spacial score (nSPS) is 16.9. The van der Waals surface area contributed by atoms with Crippen LogP contribution >= 0.6 is 23.4 Å². The van der Waals surface area contributed by atoms with Crippen molar-refractivity contribution in [2.24, 2.45) is 0 Å². The molecule has 0 unspecified atom stereocenters. The summed E-state index contributed by atoms with van der Waals surface area (Å²) < 4.78 is 0. The van der Waals surface area contributed by atoms with Crippen LogP contribution in [0.25, 0.3) is 0 Å². The van der Waals surface area contributed by atoms with E-state index in [1.165, 1.54) is 25.9 Å². The highest BCUT2D eigenvalue weighted by molar-refractivity contribution is 8.00. The predicted molar refractivity (Wildman–Crippen MR) is 90.1 cm³/mol. The van der Waals surface area contributed by atoms with Gasteiger partial charge in [0, 0.05) is 16.5 Å². The van der Waals surface area contributed by atoms with Crippen molar-refractivity contribution < 1.29 is 4.79 Å². The van der Waals surface area contributed by atoms with Crippen LogP contribution in [0.1, 0.15) is 26.2 Å². The van der Waals surface area contributed by atoms with Gasteiger partial charge in [0.2, 0.25) is 5.91 Å². The van der Waals surface area contributed by atoms with Gasteiger partial charge < -0.3 is 10.2 Å². The molecule has 2 rings (SSSR count). The van der Waals surface area contributed by atoms with Gasteiger partial charge >= 0.3 is 0 Å². The van der Waals surface area contributed by atoms with Gasteiger partial charge in [-0.05, 0) is 70.1 Å². The number of nitrogens with one attached hydrogen (secondary N) is 1. The highest BCUT2D eigenvalue weighted by Gasteiger charge is 2.14. The molecule has 0 bridgehead atoms. The molecule has 21 heavy (non-hydrogen) atoms. The number of carbonyl (C=O) groups is 1. The SMILES string of the molecule is C[C@@H](Sc1ccc(Cl)cc1)C(=O)NCCCN1CCCC1. The minimum Gasteiger partial charge on any atom is -0.355 e. The minimum absolute atomic E-state index is 0.0852. The van der Waals surface area contributed by atoms with Crippen molar-refractivity contribution in [3.05, 3.63) is 29.3 Å². The van der Waals surface area contributed by atoms with Crippen LogP contribution < -0.4 is 5.32 Å². The van der Waals surface area contributed by atoms with Crippen LogP contribution in [0.2, 0.25) is 5.02 Å². The summed E-state index contributed by atoms with van der Waals surface area (Å²) >= 11 is 7.42. The second-order valence-corrected chi connectivity index (χ2v) is 7.26. The van der Waals surface area contributed by atoms with E-state index in [1.807, 2.05) is 31.2 Å². The van der Waals surface area contributed by atoms with Gasteiger partial charge in [-0.15, -0.1) is 11.8 Å². The van der Waals surface area contributed by atoms with Gasteiger partial charge in [-0.25, -0.2) is 0 Å². The molecule has 1 heterocycles. The first-order chi connectivity index (χ1) is 10.1. The van der Waals surface area contributed by atoms with Crippen LogP contribution in [-0.4, -0.2) is 42.2 Å². The Bertz CT molecular complexity index is 446. The Kier molecular flexibility index (Phi) is 6.87. The van der Waals surface area contributed by atoms with Crippen molar-refractivity contribution in [3.8, 4) is 0 Å². The summed E-state index contributed by atoms with van der Waals surface area (Å²) in [4.78, 5) is 15.6. The maximum absolute atomic E-state index is 12.0. The van der Waals surface area contributed by atoms with Crippen LogP contribution in [0.15, 0.2) is 29.2 Å². The number of thioether (sulfide) groups is 1. The van der Waals surface area contributed by atoms with Crippen LogP contribution in [0.4, 0.5) is 0 Å². The van der Waals surface area contributed by atoms with Gasteiger partial charge in [-0.3, -0.25) is 4.79 Å². The molecule has 1 aromatic rings. The van der Waals surface area contributed by atoms with E-state index in [1.54, 1.807) is 11.8 Å². The molecular formula is C16H23ClN2OS. The first kappa shape index (κ1) is 16.7. The number of halogens is 1. The zero-order chi connectivity index (χ0) is 15.1. The quantitative estimate of drug-likeness (QED) is 0.615. The lowest BCUT2D eigenvalue weighted by Crippen LogP contribution is -2.33.